The molecule has 8 aromatic rings. The van der Waals surface area contributed by atoms with E-state index in [1.54, 1.807) is 49.6 Å². The van der Waals surface area contributed by atoms with Gasteiger partial charge in [0.25, 0.3) is 0 Å². The van der Waals surface area contributed by atoms with Crippen molar-refractivity contribution in [3.05, 3.63) is 302 Å². The molecule has 0 fully saturated rings. The van der Waals surface area contributed by atoms with Crippen molar-refractivity contribution in [2.45, 2.75) is 49.9 Å². The topological polar surface area (TPSA) is 423 Å². The second-order valence-electron chi connectivity index (χ2n) is 15.4. The van der Waals surface area contributed by atoms with Gasteiger partial charge in [0.05, 0.1) is 65.9 Å². The molecule has 0 aliphatic heterocycles. The van der Waals surface area contributed by atoms with Crippen molar-refractivity contribution < 1.29 is 60.0 Å². The van der Waals surface area contributed by atoms with E-state index in [4.69, 9.17) is 61.3 Å². The molecule has 8 aromatic heterocycles. The summed E-state index contributed by atoms with van der Waals surface area (Å²) in [5.41, 5.74) is 4.28. The maximum absolute atomic E-state index is 8.25. The van der Waals surface area contributed by atoms with Gasteiger partial charge in [-0.25, -0.2) is 0 Å². The van der Waals surface area contributed by atoms with E-state index < -0.39 is 42.5 Å². The number of nitrogens with one attached hydrogen (secondary N) is 2. The largest absolute Gasteiger partial charge is 2.00 e. The summed E-state index contributed by atoms with van der Waals surface area (Å²) >= 11 is 0. The van der Waals surface area contributed by atoms with Gasteiger partial charge in [-0.05, 0) is 125 Å². The summed E-state index contributed by atoms with van der Waals surface area (Å²) in [7, 11) is 0. The molecule has 0 radical (unpaired) electrons. The minimum atomic E-state index is -1.75. The van der Waals surface area contributed by atoms with Gasteiger partial charge in [-0.2, -0.15) is 0 Å². The van der Waals surface area contributed by atoms with E-state index in [9.17, 15) is 0 Å². The van der Waals surface area contributed by atoms with Crippen LogP contribution in [0.25, 0.3) is 0 Å². The molecule has 29 heteroatoms. The normalized spacial score (nSPS) is 10.2. The Morgan fingerprint density at radius 1 is 0.286 bits per heavy atom. The predicted octanol–water partition coefficient (Wildman–Crippen LogP) is 6.38. The summed E-state index contributed by atoms with van der Waals surface area (Å²) < 4.78 is 0. The van der Waals surface area contributed by atoms with Gasteiger partial charge in [0.2, 0.25) is 0 Å². The van der Waals surface area contributed by atoms with E-state index in [2.05, 4.69) is 78.2 Å². The molecule has 0 atom stereocenters. The van der Waals surface area contributed by atoms with E-state index >= 15 is 0 Å². The number of nitrogens with zero attached hydrogens (tertiary/aromatic N) is 12. The molecule has 27 nitrogen and oxygen atoms in total. The average molecular weight is 1140 g/mol. The molecular weight excluding hydrogens is 1090 g/mol. The third-order valence-corrected chi connectivity index (χ3v) is 10.4. The molecule has 0 bridgehead atoms. The second kappa shape index (κ2) is 33.7. The van der Waals surface area contributed by atoms with E-state index in [-0.39, 0.29) is 39.6 Å². The van der Waals surface area contributed by atoms with Gasteiger partial charge in [-0.1, -0.05) is 48.5 Å². The van der Waals surface area contributed by atoms with Gasteiger partial charge in [-0.15, -0.1) is 0 Å². The van der Waals surface area contributed by atoms with Crippen molar-refractivity contribution in [1.82, 2.24) is 50.5 Å². The molecule has 77 heavy (non-hydrogen) atoms. The Morgan fingerprint density at radius 2 is 0.390 bits per heavy atom. The molecule has 404 valence electrons. The fraction of sp³-hybridized carbons (Fsp3) is 0.167. The fourth-order valence-corrected chi connectivity index (χ4v) is 7.31. The van der Waals surface area contributed by atoms with Crippen LogP contribution in [0.15, 0.2) is 195 Å². The SMILES string of the molecule is CC(NC(C)(c1ccccn1)c1ccccn1)(c1ccccn1)c1ccccn1.CC(NC(C)(c1ccccn1)c1ccccn1)(c1ccccn1)c1ccccn1.O.O=[N+]([O-])[O-].O=[N+]([O-])[O-].O=[N+]([O-])[O-].O=[N+]([O-])[O-].[Fe+2].[Fe+2]. The van der Waals surface area contributed by atoms with Crippen LogP contribution in [-0.4, -0.2) is 65.7 Å². The minimum absolute atomic E-state index is 0. The van der Waals surface area contributed by atoms with Crippen LogP contribution in [-0.2, 0) is 56.3 Å². The first-order valence-electron chi connectivity index (χ1n) is 21.4. The molecule has 0 saturated heterocycles. The Labute approximate surface area is 460 Å². The summed E-state index contributed by atoms with van der Waals surface area (Å²) in [4.78, 5) is 70.2. The first kappa shape index (κ1) is 67.9. The molecule has 0 aliphatic carbocycles. The number of rotatable bonds is 12. The van der Waals surface area contributed by atoms with Crippen LogP contribution in [0.5, 0.6) is 0 Å². The summed E-state index contributed by atoms with van der Waals surface area (Å²) in [5.74, 6) is 0. The van der Waals surface area contributed by atoms with Crippen LogP contribution in [0.4, 0.5) is 0 Å². The molecule has 0 saturated carbocycles. The van der Waals surface area contributed by atoms with E-state index in [1.165, 1.54) is 0 Å². The monoisotopic (exact) mass is 1140 g/mol. The van der Waals surface area contributed by atoms with Crippen molar-refractivity contribution >= 4 is 0 Å². The van der Waals surface area contributed by atoms with E-state index in [1.807, 2.05) is 146 Å². The third kappa shape index (κ3) is 21.4. The minimum Gasteiger partial charge on any atom is -0.412 e. The third-order valence-electron chi connectivity index (χ3n) is 10.4. The molecule has 0 aliphatic rings. The van der Waals surface area contributed by atoms with Gasteiger partial charge >= 0.3 is 34.1 Å². The Balaban J connectivity index is 0.00000114. The second-order valence-corrected chi connectivity index (χ2v) is 15.4. The molecule has 0 amide bonds. The van der Waals surface area contributed by atoms with Crippen LogP contribution < -0.4 is 10.6 Å². The summed E-state index contributed by atoms with van der Waals surface area (Å²) in [6.45, 7) is 8.40. The number of hydrogen-bond acceptors (Lipinski definition) is 22. The van der Waals surface area contributed by atoms with Gasteiger partial charge < -0.3 is 66.8 Å². The Kier molecular flexibility index (Phi) is 29.7. The molecular formula is C48H48Fe2N14O13. The maximum atomic E-state index is 8.25. The standard InChI is InChI=1S/2C24H23N5.2Fe.4NO3.H2O/c2*1-23(19-11-3-7-15-25-19,20-12-4-8-16-26-20)29-24(2,21-13-5-9-17-27-21)22-14-6-10-18-28-22;;;4*2-1(3)4;/h2*3-18,29H,1-2H3;;;;;;;1H2/q;;2*+2;4*-1;. The zero-order chi connectivity index (χ0) is 54.6. The van der Waals surface area contributed by atoms with Crippen LogP contribution in [0, 0.1) is 61.3 Å². The zero-order valence-corrected chi connectivity index (χ0v) is 43.2. The summed E-state index contributed by atoms with van der Waals surface area (Å²) in [6, 6.07) is 47.3. The van der Waals surface area contributed by atoms with Crippen LogP contribution in [0.1, 0.15) is 73.2 Å². The molecule has 8 heterocycles. The number of pyridine rings is 8. The molecule has 0 aromatic carbocycles. The molecule has 4 N–H and O–H groups in total. The van der Waals surface area contributed by atoms with Gasteiger partial charge in [-0.3, -0.25) is 50.5 Å². The smallest absolute Gasteiger partial charge is 0.412 e. The Bertz CT molecular complexity index is 2340. The van der Waals surface area contributed by atoms with Gasteiger partial charge in [0, 0.05) is 49.6 Å². The van der Waals surface area contributed by atoms with Gasteiger partial charge in [0.15, 0.2) is 0 Å². The Morgan fingerprint density at radius 3 is 0.468 bits per heavy atom. The van der Waals surface area contributed by atoms with Crippen LogP contribution >= 0.6 is 0 Å². The van der Waals surface area contributed by atoms with E-state index in [0.717, 1.165) is 45.6 Å². The summed E-state index contributed by atoms with van der Waals surface area (Å²) in [6.07, 6.45) is 14.4. The van der Waals surface area contributed by atoms with Crippen LogP contribution in [0.3, 0.4) is 0 Å². The first-order chi connectivity index (χ1) is 35.2. The van der Waals surface area contributed by atoms with Gasteiger partial charge in [0.1, 0.15) is 22.2 Å². The molecule has 8 rings (SSSR count). The van der Waals surface area contributed by atoms with Crippen molar-refractivity contribution in [2.24, 2.45) is 0 Å². The Hall–Kier alpha value is -9.08. The maximum Gasteiger partial charge on any atom is 2.00 e. The quantitative estimate of drug-likeness (QED) is 0.0760. The van der Waals surface area contributed by atoms with Crippen molar-refractivity contribution in [2.75, 3.05) is 0 Å². The molecule has 0 unspecified atom stereocenters. The van der Waals surface area contributed by atoms with E-state index in [0.29, 0.717) is 0 Å². The zero-order valence-electron chi connectivity index (χ0n) is 40.9. The fourth-order valence-electron chi connectivity index (χ4n) is 7.31. The number of hydrogen-bond donors (Lipinski definition) is 2. The van der Waals surface area contributed by atoms with Crippen LogP contribution in [0.2, 0.25) is 0 Å². The summed E-state index contributed by atoms with van der Waals surface area (Å²) in [5, 5.41) is 66.6. The molecule has 0 spiro atoms. The predicted molar refractivity (Wildman–Crippen MR) is 271 cm³/mol. The number of aromatic nitrogens is 8. The first-order valence-corrected chi connectivity index (χ1v) is 21.4. The van der Waals surface area contributed by atoms with Crippen molar-refractivity contribution in [3.8, 4) is 0 Å². The van der Waals surface area contributed by atoms with Crippen molar-refractivity contribution in [1.29, 1.82) is 0 Å². The van der Waals surface area contributed by atoms with Crippen molar-refractivity contribution in [3.63, 3.8) is 0 Å². The average Bonchev–Trinajstić information content (AvgIpc) is 3.40.